The normalized spacial score (nSPS) is 20.2. The summed E-state index contributed by atoms with van der Waals surface area (Å²) in [5.41, 5.74) is -0.910. The molecule has 0 N–H and O–H groups in total. The number of rotatable bonds is 11. The lowest BCUT2D eigenvalue weighted by molar-refractivity contribution is -0.194. The van der Waals surface area contributed by atoms with Crippen LogP contribution in [0.3, 0.4) is 0 Å². The largest absolute Gasteiger partial charge is 0.427 e. The van der Waals surface area contributed by atoms with Crippen LogP contribution in [0.25, 0.3) is 10.2 Å². The first-order valence-corrected chi connectivity index (χ1v) is 19.2. The average Bonchev–Trinajstić information content (AvgIpc) is 3.25. The molecule has 0 aliphatic carbocycles. The van der Waals surface area contributed by atoms with Crippen molar-refractivity contribution in [3.8, 4) is 0 Å². The smallest absolute Gasteiger partial charge is 0.332 e. The quantitative estimate of drug-likeness (QED) is 0.0846. The maximum absolute atomic E-state index is 14.1. The zero-order valence-electron chi connectivity index (χ0n) is 25.9. The van der Waals surface area contributed by atoms with Gasteiger partial charge in [0.1, 0.15) is 11.4 Å². The highest BCUT2D eigenvalue weighted by atomic mass is 33.1. The molecule has 4 atom stereocenters. The van der Waals surface area contributed by atoms with Crippen LogP contribution in [0.2, 0.25) is 13.1 Å². The Bertz CT molecular complexity index is 1220. The van der Waals surface area contributed by atoms with Gasteiger partial charge in [-0.2, -0.15) is 0 Å². The molecule has 0 bridgehead atoms. The number of carbonyl (C=O) groups excluding carboxylic acids is 3. The predicted molar refractivity (Wildman–Crippen MR) is 169 cm³/mol. The number of amides is 1. The predicted octanol–water partition coefficient (Wildman–Crippen LogP) is 7.01. The van der Waals surface area contributed by atoms with Gasteiger partial charge in [0.15, 0.2) is 4.34 Å². The van der Waals surface area contributed by atoms with E-state index in [0.29, 0.717) is 0 Å². The number of hydrogen-bond donors (Lipinski definition) is 0. The van der Waals surface area contributed by atoms with E-state index in [0.717, 1.165) is 14.6 Å². The summed E-state index contributed by atoms with van der Waals surface area (Å²) >= 11 is 1.60. The molecule has 0 spiro atoms. The first-order chi connectivity index (χ1) is 18.9. The highest BCUT2D eigenvalue weighted by molar-refractivity contribution is 8.77. The molecular weight excluding hydrogens is 597 g/mol. The van der Waals surface area contributed by atoms with Crippen molar-refractivity contribution >= 4 is 70.0 Å². The van der Waals surface area contributed by atoms with Crippen molar-refractivity contribution in [2.24, 2.45) is 22.7 Å². The van der Waals surface area contributed by atoms with Gasteiger partial charge in [-0.3, -0.25) is 9.59 Å². The third-order valence-corrected chi connectivity index (χ3v) is 12.1. The molecule has 12 heteroatoms. The van der Waals surface area contributed by atoms with Crippen molar-refractivity contribution in [1.82, 2.24) is 9.88 Å². The Labute approximate surface area is 257 Å². The van der Waals surface area contributed by atoms with Gasteiger partial charge in [0.05, 0.1) is 27.2 Å². The number of thiazole rings is 1. The third-order valence-electron chi connectivity index (χ3n) is 7.25. The molecule has 1 radical (unpaired) electrons. The standard InChI is InChI=1S/C29H43N2O6S3Si/c1-17(2)21(24(33)35-16-36-25(34)27(3,4)5)31-22(32)20(29(9,28(6,7)8)37-41(10)11)23(31)39-40-26-30-18-14-12-13-15-19(18)38-26/h12-15,17,20-21,23H,16H2,1-11H3/t20-,21?,23-,29?/m1/s1. The first-order valence-electron chi connectivity index (χ1n) is 13.7. The molecule has 227 valence electrons. The van der Waals surface area contributed by atoms with E-state index in [1.54, 1.807) is 37.0 Å². The molecule has 0 saturated carbocycles. The number of benzene rings is 1. The molecule has 8 nitrogen and oxygen atoms in total. The Morgan fingerprint density at radius 1 is 1.07 bits per heavy atom. The number of carbonyl (C=O) groups is 3. The van der Waals surface area contributed by atoms with Crippen LogP contribution in [-0.2, 0) is 28.3 Å². The first kappa shape index (κ1) is 33.9. The van der Waals surface area contributed by atoms with Gasteiger partial charge < -0.3 is 18.8 Å². The van der Waals surface area contributed by atoms with Gasteiger partial charge in [-0.1, -0.05) is 57.5 Å². The maximum atomic E-state index is 14.1. The maximum Gasteiger partial charge on any atom is 0.332 e. The summed E-state index contributed by atoms with van der Waals surface area (Å²) < 4.78 is 19.2. The monoisotopic (exact) mass is 639 g/mol. The molecule has 3 rings (SSSR count). The Kier molecular flexibility index (Phi) is 10.7. The fraction of sp³-hybridized carbons (Fsp3) is 0.655. The molecule has 2 heterocycles. The highest BCUT2D eigenvalue weighted by Gasteiger charge is 2.64. The zero-order valence-corrected chi connectivity index (χ0v) is 29.3. The summed E-state index contributed by atoms with van der Waals surface area (Å²) in [7, 11) is 1.87. The number of hydrogen-bond acceptors (Lipinski definition) is 10. The van der Waals surface area contributed by atoms with E-state index in [1.165, 1.54) is 21.6 Å². The number of esters is 2. The fourth-order valence-corrected chi connectivity index (χ4v) is 10.1. The van der Waals surface area contributed by atoms with Crippen molar-refractivity contribution in [3.05, 3.63) is 24.3 Å². The minimum atomic E-state index is -1.16. The van der Waals surface area contributed by atoms with Crippen LogP contribution in [0.5, 0.6) is 0 Å². The number of fused-ring (bicyclic) bond motifs is 1. The lowest BCUT2D eigenvalue weighted by Crippen LogP contribution is -2.74. The van der Waals surface area contributed by atoms with Crippen molar-refractivity contribution in [1.29, 1.82) is 0 Å². The van der Waals surface area contributed by atoms with E-state index in [9.17, 15) is 14.4 Å². The second-order valence-electron chi connectivity index (χ2n) is 13.1. The van der Waals surface area contributed by atoms with Gasteiger partial charge >= 0.3 is 11.9 Å². The summed E-state index contributed by atoms with van der Waals surface area (Å²) in [5, 5.41) is -0.373. The molecule has 1 amide bonds. The van der Waals surface area contributed by atoms with Gasteiger partial charge in [-0.15, -0.1) is 11.3 Å². The summed E-state index contributed by atoms with van der Waals surface area (Å²) in [6.07, 6.45) is 0. The topological polar surface area (TPSA) is 95.0 Å². The fourth-order valence-electron chi connectivity index (χ4n) is 4.63. The Morgan fingerprint density at radius 2 is 1.71 bits per heavy atom. The van der Waals surface area contributed by atoms with E-state index in [1.807, 2.05) is 45.0 Å². The zero-order chi connectivity index (χ0) is 30.9. The molecular formula is C29H43N2O6S3Si. The second kappa shape index (κ2) is 12.9. The highest BCUT2D eigenvalue weighted by Crippen LogP contribution is 2.55. The third kappa shape index (κ3) is 7.49. The average molecular weight is 640 g/mol. The SMILES string of the molecule is CC(C)C(C(=O)OCOC(=O)C(C)(C)C)N1C(=O)[C@@H](C(C)(O[Si](C)C)C(C)(C)C)[C@H]1SSc1nc2ccccc2s1. The Hall–Kier alpha value is -1.60. The van der Waals surface area contributed by atoms with Gasteiger partial charge in [-0.05, 0) is 75.0 Å². The molecule has 41 heavy (non-hydrogen) atoms. The molecule has 2 aromatic rings. The van der Waals surface area contributed by atoms with Gasteiger partial charge in [0.2, 0.25) is 21.7 Å². The van der Waals surface area contributed by atoms with Crippen LogP contribution in [0, 0.1) is 22.7 Å². The molecule has 1 aromatic carbocycles. The Balaban J connectivity index is 1.91. The van der Waals surface area contributed by atoms with Crippen molar-refractivity contribution < 1.29 is 28.3 Å². The number of β-lactam (4-membered cyclic amide) rings is 1. The van der Waals surface area contributed by atoms with E-state index in [-0.39, 0.29) is 22.6 Å². The minimum Gasteiger partial charge on any atom is -0.427 e. The number of nitrogens with zero attached hydrogens (tertiary/aromatic N) is 2. The van der Waals surface area contributed by atoms with Crippen LogP contribution in [0.15, 0.2) is 28.6 Å². The van der Waals surface area contributed by atoms with E-state index in [4.69, 9.17) is 18.9 Å². The number of aromatic nitrogens is 1. The van der Waals surface area contributed by atoms with E-state index in [2.05, 4.69) is 33.9 Å². The summed E-state index contributed by atoms with van der Waals surface area (Å²) in [4.78, 5) is 46.1. The Morgan fingerprint density at radius 3 is 2.24 bits per heavy atom. The lowest BCUT2D eigenvalue weighted by atomic mass is 9.66. The van der Waals surface area contributed by atoms with Crippen LogP contribution >= 0.6 is 32.9 Å². The van der Waals surface area contributed by atoms with Crippen molar-refractivity contribution in [2.75, 3.05) is 6.79 Å². The molecule has 2 unspecified atom stereocenters. The van der Waals surface area contributed by atoms with E-state index < -0.39 is 50.7 Å². The molecule has 1 saturated heterocycles. The summed E-state index contributed by atoms with van der Waals surface area (Å²) in [6.45, 7) is 20.9. The molecule has 1 fully saturated rings. The summed E-state index contributed by atoms with van der Waals surface area (Å²) in [6, 6.07) is 7.12. The molecule has 1 aromatic heterocycles. The van der Waals surface area contributed by atoms with Crippen LogP contribution in [0.1, 0.15) is 62.3 Å². The van der Waals surface area contributed by atoms with Gasteiger partial charge in [0, 0.05) is 0 Å². The summed E-state index contributed by atoms with van der Waals surface area (Å²) in [5.74, 6) is -1.93. The van der Waals surface area contributed by atoms with Crippen molar-refractivity contribution in [2.45, 2.75) is 96.8 Å². The van der Waals surface area contributed by atoms with Crippen LogP contribution < -0.4 is 0 Å². The van der Waals surface area contributed by atoms with Gasteiger partial charge in [0.25, 0.3) is 0 Å². The van der Waals surface area contributed by atoms with Crippen LogP contribution in [-0.4, -0.2) is 60.6 Å². The second-order valence-corrected chi connectivity index (χ2v) is 18.7. The number of ether oxygens (including phenoxy) is 2. The molecule has 1 aliphatic heterocycles. The van der Waals surface area contributed by atoms with Crippen molar-refractivity contribution in [3.63, 3.8) is 0 Å². The lowest BCUT2D eigenvalue weighted by Gasteiger charge is -2.59. The number of likely N-dealkylation sites (tertiary alicyclic amines) is 1. The minimum absolute atomic E-state index is 0.143. The molecule has 1 aliphatic rings. The number of para-hydroxylation sites is 1. The van der Waals surface area contributed by atoms with Gasteiger partial charge in [-0.25, -0.2) is 9.78 Å². The van der Waals surface area contributed by atoms with E-state index >= 15 is 0 Å². The van der Waals surface area contributed by atoms with Crippen LogP contribution in [0.4, 0.5) is 0 Å².